The second-order valence-corrected chi connectivity index (χ2v) is 5.61. The fourth-order valence-electron chi connectivity index (χ4n) is 2.57. The summed E-state index contributed by atoms with van der Waals surface area (Å²) in [4.78, 5) is 0. The van der Waals surface area contributed by atoms with Crippen LogP contribution in [-0.4, -0.2) is 38.6 Å². The highest BCUT2D eigenvalue weighted by molar-refractivity contribution is 6.30. The quantitative estimate of drug-likeness (QED) is 0.794. The second kappa shape index (κ2) is 7.87. The lowest BCUT2D eigenvalue weighted by atomic mass is 9.85. The fraction of sp³-hybridized carbons (Fsp3) is 0.625. The molecule has 1 aromatic rings. The van der Waals surface area contributed by atoms with E-state index in [2.05, 4.69) is 12.2 Å². The average molecular weight is 314 g/mol. The summed E-state index contributed by atoms with van der Waals surface area (Å²) < 4.78 is 16.9. The number of methoxy groups -OCH3 is 1. The molecule has 2 rings (SSSR count). The minimum atomic E-state index is 0.0583. The Morgan fingerprint density at radius 3 is 2.81 bits per heavy atom. The van der Waals surface area contributed by atoms with E-state index in [1.165, 1.54) is 0 Å². The lowest BCUT2D eigenvalue weighted by molar-refractivity contribution is -0.118. The summed E-state index contributed by atoms with van der Waals surface area (Å²) in [5.41, 5.74) is 0.915. The predicted octanol–water partition coefficient (Wildman–Crippen LogP) is 3.73. The van der Waals surface area contributed by atoms with E-state index in [0.29, 0.717) is 18.2 Å². The molecule has 4 nitrogen and oxygen atoms in total. The molecule has 0 amide bonds. The molecule has 118 valence electrons. The van der Waals surface area contributed by atoms with Gasteiger partial charge in [-0.25, -0.2) is 0 Å². The number of benzene rings is 1. The van der Waals surface area contributed by atoms with Crippen LogP contribution in [0.4, 0.5) is 5.69 Å². The van der Waals surface area contributed by atoms with Crippen LogP contribution < -0.4 is 10.1 Å². The van der Waals surface area contributed by atoms with Crippen LogP contribution in [0.5, 0.6) is 5.75 Å². The third-order valence-corrected chi connectivity index (χ3v) is 3.88. The van der Waals surface area contributed by atoms with Crippen molar-refractivity contribution < 1.29 is 14.2 Å². The first kappa shape index (κ1) is 16.4. The van der Waals surface area contributed by atoms with E-state index in [1.807, 2.05) is 25.1 Å². The largest absolute Gasteiger partial charge is 0.491 e. The molecule has 0 saturated heterocycles. The molecule has 1 fully saturated rings. The highest BCUT2D eigenvalue weighted by Crippen LogP contribution is 2.34. The molecule has 0 bridgehead atoms. The Morgan fingerprint density at radius 1 is 1.33 bits per heavy atom. The third kappa shape index (κ3) is 4.02. The number of nitrogens with one attached hydrogen (secondary N) is 1. The van der Waals surface area contributed by atoms with E-state index in [1.54, 1.807) is 7.11 Å². The van der Waals surface area contributed by atoms with Gasteiger partial charge in [0.05, 0.1) is 24.4 Å². The zero-order valence-electron chi connectivity index (χ0n) is 12.9. The van der Waals surface area contributed by atoms with Gasteiger partial charge in [0.1, 0.15) is 11.9 Å². The Morgan fingerprint density at radius 2 is 2.14 bits per heavy atom. The van der Waals surface area contributed by atoms with Gasteiger partial charge in [-0.1, -0.05) is 18.5 Å². The van der Waals surface area contributed by atoms with Crippen LogP contribution in [0.2, 0.25) is 5.02 Å². The first-order chi connectivity index (χ1) is 10.2. The highest BCUT2D eigenvalue weighted by atomic mass is 35.5. The summed E-state index contributed by atoms with van der Waals surface area (Å²) in [5.74, 6) is 0.830. The van der Waals surface area contributed by atoms with Crippen molar-refractivity contribution in [2.45, 2.75) is 44.9 Å². The van der Waals surface area contributed by atoms with Crippen molar-refractivity contribution in [1.82, 2.24) is 0 Å². The van der Waals surface area contributed by atoms with Crippen molar-refractivity contribution in [1.29, 1.82) is 0 Å². The molecule has 1 aromatic carbocycles. The molecule has 1 aliphatic rings. The number of halogens is 1. The molecule has 0 radical (unpaired) electrons. The maximum Gasteiger partial charge on any atom is 0.142 e. The van der Waals surface area contributed by atoms with Gasteiger partial charge in [-0.3, -0.25) is 0 Å². The first-order valence-corrected chi connectivity index (χ1v) is 7.90. The standard InChI is InChI=1S/C16H24ClNO3/c1-4-8-21-14-7-6-11(17)9-12(14)18-13-10-15(20-5-2)16(13)19-3/h6-7,9,13,15-16,18H,4-5,8,10H2,1-3H3. The molecule has 3 unspecified atom stereocenters. The summed E-state index contributed by atoms with van der Waals surface area (Å²) in [6, 6.07) is 5.86. The summed E-state index contributed by atoms with van der Waals surface area (Å²) in [6.07, 6.45) is 2.12. The van der Waals surface area contributed by atoms with Crippen LogP contribution in [0.25, 0.3) is 0 Å². The van der Waals surface area contributed by atoms with Gasteiger partial charge in [0.15, 0.2) is 0 Å². The van der Waals surface area contributed by atoms with Crippen molar-refractivity contribution in [2.75, 3.05) is 25.6 Å². The number of rotatable bonds is 8. The van der Waals surface area contributed by atoms with Gasteiger partial charge >= 0.3 is 0 Å². The summed E-state index contributed by atoms with van der Waals surface area (Å²) in [5, 5.41) is 4.16. The minimum absolute atomic E-state index is 0.0583. The lowest BCUT2D eigenvalue weighted by Crippen LogP contribution is -2.56. The molecule has 1 aliphatic carbocycles. The molecule has 1 N–H and O–H groups in total. The Labute approximate surface area is 131 Å². The van der Waals surface area contributed by atoms with Crippen molar-refractivity contribution in [3.8, 4) is 5.75 Å². The van der Waals surface area contributed by atoms with Gasteiger partial charge < -0.3 is 19.5 Å². The monoisotopic (exact) mass is 313 g/mol. The number of ether oxygens (including phenoxy) is 3. The molecule has 1 saturated carbocycles. The van der Waals surface area contributed by atoms with Crippen LogP contribution in [0.3, 0.4) is 0 Å². The number of hydrogen-bond acceptors (Lipinski definition) is 4. The van der Waals surface area contributed by atoms with E-state index >= 15 is 0 Å². The van der Waals surface area contributed by atoms with Crippen LogP contribution in [0.15, 0.2) is 18.2 Å². The summed E-state index contributed by atoms with van der Waals surface area (Å²) in [6.45, 7) is 5.49. The Balaban J connectivity index is 2.03. The number of anilines is 1. The van der Waals surface area contributed by atoms with Gasteiger partial charge in [-0.15, -0.1) is 0 Å². The SMILES string of the molecule is CCCOc1ccc(Cl)cc1NC1CC(OCC)C1OC. The van der Waals surface area contributed by atoms with Gasteiger partial charge in [0, 0.05) is 18.7 Å². The van der Waals surface area contributed by atoms with Gasteiger partial charge in [0.2, 0.25) is 0 Å². The van der Waals surface area contributed by atoms with Crippen molar-refractivity contribution in [2.24, 2.45) is 0 Å². The van der Waals surface area contributed by atoms with Crippen LogP contribution in [0.1, 0.15) is 26.7 Å². The summed E-state index contributed by atoms with van der Waals surface area (Å²) >= 11 is 6.09. The van der Waals surface area contributed by atoms with Crippen LogP contribution in [0, 0.1) is 0 Å². The van der Waals surface area contributed by atoms with Gasteiger partial charge in [-0.2, -0.15) is 0 Å². The highest BCUT2D eigenvalue weighted by Gasteiger charge is 2.42. The second-order valence-electron chi connectivity index (χ2n) is 5.17. The molecule has 3 atom stereocenters. The molecule has 0 heterocycles. The smallest absolute Gasteiger partial charge is 0.142 e. The van der Waals surface area contributed by atoms with Gasteiger partial charge in [-0.05, 0) is 38.0 Å². The molecule has 5 heteroatoms. The van der Waals surface area contributed by atoms with Crippen LogP contribution in [-0.2, 0) is 9.47 Å². The summed E-state index contributed by atoms with van der Waals surface area (Å²) in [7, 11) is 1.72. The van der Waals surface area contributed by atoms with Crippen molar-refractivity contribution in [3.05, 3.63) is 23.2 Å². The maximum atomic E-state index is 6.09. The minimum Gasteiger partial charge on any atom is -0.491 e. The van der Waals surface area contributed by atoms with E-state index in [-0.39, 0.29) is 18.2 Å². The van der Waals surface area contributed by atoms with E-state index in [9.17, 15) is 0 Å². The van der Waals surface area contributed by atoms with Crippen LogP contribution >= 0.6 is 11.6 Å². The normalized spacial score (nSPS) is 24.5. The maximum absolute atomic E-state index is 6.09. The third-order valence-electron chi connectivity index (χ3n) is 3.65. The van der Waals surface area contributed by atoms with Crippen molar-refractivity contribution in [3.63, 3.8) is 0 Å². The van der Waals surface area contributed by atoms with Gasteiger partial charge in [0.25, 0.3) is 0 Å². The first-order valence-electron chi connectivity index (χ1n) is 7.52. The molecule has 0 aromatic heterocycles. The Bertz CT molecular complexity index is 455. The fourth-order valence-corrected chi connectivity index (χ4v) is 2.74. The van der Waals surface area contributed by atoms with E-state index < -0.39 is 0 Å². The van der Waals surface area contributed by atoms with E-state index in [4.69, 9.17) is 25.8 Å². The molecular formula is C16H24ClNO3. The predicted molar refractivity (Wildman–Crippen MR) is 85.5 cm³/mol. The zero-order valence-corrected chi connectivity index (χ0v) is 13.7. The molecule has 0 spiro atoms. The zero-order chi connectivity index (χ0) is 15.2. The molecule has 0 aliphatic heterocycles. The van der Waals surface area contributed by atoms with Crippen molar-refractivity contribution >= 4 is 17.3 Å². The van der Waals surface area contributed by atoms with E-state index in [0.717, 1.165) is 24.3 Å². The Hall–Kier alpha value is -0.970. The topological polar surface area (TPSA) is 39.7 Å². The molecule has 21 heavy (non-hydrogen) atoms. The molecular weight excluding hydrogens is 290 g/mol. The number of hydrogen-bond donors (Lipinski definition) is 1. The Kier molecular flexibility index (Phi) is 6.15. The lowest BCUT2D eigenvalue weighted by Gasteiger charge is -2.43. The average Bonchev–Trinajstić information content (AvgIpc) is 2.45.